The predicted molar refractivity (Wildman–Crippen MR) is 100 cm³/mol. The van der Waals surface area contributed by atoms with Gasteiger partial charge in [0.25, 0.3) is 0 Å². The lowest BCUT2D eigenvalue weighted by molar-refractivity contribution is -0.117. The molecule has 2 saturated heterocycles. The fourth-order valence-corrected chi connectivity index (χ4v) is 7.37. The molecule has 1 aromatic rings. The van der Waals surface area contributed by atoms with Crippen LogP contribution in [0.4, 0.5) is 5.69 Å². The molecule has 0 aliphatic carbocycles. The lowest BCUT2D eigenvalue weighted by Crippen LogP contribution is -2.37. The van der Waals surface area contributed by atoms with E-state index in [0.29, 0.717) is 33.7 Å². The summed E-state index contributed by atoms with van der Waals surface area (Å²) in [7, 11) is -3.10. The number of fused-ring (bicyclic) bond motifs is 1. The number of hydrogen-bond donors (Lipinski definition) is 0. The van der Waals surface area contributed by atoms with E-state index < -0.39 is 9.84 Å². The summed E-state index contributed by atoms with van der Waals surface area (Å²) in [5, 5.41) is 1.29. The van der Waals surface area contributed by atoms with Crippen LogP contribution in [-0.2, 0) is 14.6 Å². The van der Waals surface area contributed by atoms with Crippen molar-refractivity contribution in [3.63, 3.8) is 0 Å². The quantitative estimate of drug-likeness (QED) is 0.769. The molecule has 0 bridgehead atoms. The Morgan fingerprint density at radius 1 is 1.29 bits per heavy atom. The Kier molecular flexibility index (Phi) is 5.16. The van der Waals surface area contributed by atoms with Gasteiger partial charge in [0.1, 0.15) is 0 Å². The Labute approximate surface area is 155 Å². The molecule has 2 fully saturated rings. The van der Waals surface area contributed by atoms with Crippen molar-refractivity contribution in [1.29, 1.82) is 0 Å². The van der Waals surface area contributed by atoms with E-state index in [0.717, 1.165) is 0 Å². The van der Waals surface area contributed by atoms with E-state index in [2.05, 4.69) is 4.99 Å². The first-order chi connectivity index (χ1) is 11.3. The van der Waals surface area contributed by atoms with Gasteiger partial charge in [0.2, 0.25) is 5.91 Å². The molecule has 130 valence electrons. The van der Waals surface area contributed by atoms with E-state index in [1.807, 2.05) is 6.92 Å². The zero-order valence-electron chi connectivity index (χ0n) is 12.9. The van der Waals surface area contributed by atoms with Gasteiger partial charge in [0, 0.05) is 27.4 Å². The highest BCUT2D eigenvalue weighted by atomic mass is 35.5. The van der Waals surface area contributed by atoms with Crippen LogP contribution in [0.2, 0.25) is 10.0 Å². The molecular formula is C15H16Cl2N2O3S2. The van der Waals surface area contributed by atoms with E-state index in [9.17, 15) is 13.2 Å². The number of carbonyl (C=O) groups excluding carboxylic acids is 1. The van der Waals surface area contributed by atoms with Gasteiger partial charge < -0.3 is 4.90 Å². The van der Waals surface area contributed by atoms with Gasteiger partial charge in [-0.25, -0.2) is 8.42 Å². The second-order valence-electron chi connectivity index (χ2n) is 5.84. The Hall–Kier alpha value is -0.760. The number of thioether (sulfide) groups is 1. The van der Waals surface area contributed by atoms with Crippen molar-refractivity contribution in [1.82, 2.24) is 0 Å². The number of anilines is 1. The number of hydrogen-bond acceptors (Lipinski definition) is 4. The van der Waals surface area contributed by atoms with Crippen LogP contribution in [0.5, 0.6) is 0 Å². The van der Waals surface area contributed by atoms with Gasteiger partial charge in [-0.1, -0.05) is 41.9 Å². The second-order valence-corrected chi connectivity index (χ2v) is 10.1. The van der Waals surface area contributed by atoms with Crippen molar-refractivity contribution in [3.8, 4) is 0 Å². The summed E-state index contributed by atoms with van der Waals surface area (Å²) in [5.74, 6) is -0.0786. The molecule has 1 amide bonds. The third-order valence-electron chi connectivity index (χ3n) is 3.88. The first kappa shape index (κ1) is 18.0. The molecule has 0 spiro atoms. The molecule has 0 aromatic heterocycles. The normalized spacial score (nSPS) is 26.8. The number of nitrogens with zero attached hydrogens (tertiary/aromatic N) is 2. The van der Waals surface area contributed by atoms with E-state index in [1.165, 1.54) is 11.8 Å². The third kappa shape index (κ3) is 3.74. The van der Waals surface area contributed by atoms with Crippen molar-refractivity contribution in [3.05, 3.63) is 28.2 Å². The number of sulfone groups is 1. The van der Waals surface area contributed by atoms with Crippen molar-refractivity contribution < 1.29 is 13.2 Å². The van der Waals surface area contributed by atoms with Crippen LogP contribution >= 0.6 is 35.0 Å². The smallest absolute Gasteiger partial charge is 0.248 e. The van der Waals surface area contributed by atoms with Crippen molar-refractivity contribution in [2.24, 2.45) is 4.99 Å². The van der Waals surface area contributed by atoms with Crippen LogP contribution in [0.25, 0.3) is 0 Å². The molecule has 9 heteroatoms. The van der Waals surface area contributed by atoms with Crippen LogP contribution in [0.1, 0.15) is 19.8 Å². The average molecular weight is 407 g/mol. The minimum Gasteiger partial charge on any atom is -0.315 e. The zero-order chi connectivity index (χ0) is 17.5. The summed E-state index contributed by atoms with van der Waals surface area (Å²) < 4.78 is 24.0. The van der Waals surface area contributed by atoms with Gasteiger partial charge in [-0.05, 0) is 24.6 Å². The fourth-order valence-electron chi connectivity index (χ4n) is 2.92. The molecule has 0 saturated carbocycles. The van der Waals surface area contributed by atoms with Gasteiger partial charge in [0.15, 0.2) is 15.0 Å². The molecule has 2 heterocycles. The highest BCUT2D eigenvalue weighted by Gasteiger charge is 2.49. The molecular weight excluding hydrogens is 391 g/mol. The van der Waals surface area contributed by atoms with E-state index >= 15 is 0 Å². The molecule has 1 aromatic carbocycles. The SMILES string of the molecule is CCCC(=O)N=C1S[C@H]2CS(=O)(=O)C[C@H]2N1c1cc(Cl)cc(Cl)c1. The van der Waals surface area contributed by atoms with Gasteiger partial charge in [-0.3, -0.25) is 4.79 Å². The predicted octanol–water partition coefficient (Wildman–Crippen LogP) is 3.39. The van der Waals surface area contributed by atoms with Crippen molar-refractivity contribution in [2.75, 3.05) is 16.4 Å². The van der Waals surface area contributed by atoms with Crippen molar-refractivity contribution in [2.45, 2.75) is 31.1 Å². The molecule has 5 nitrogen and oxygen atoms in total. The summed E-state index contributed by atoms with van der Waals surface area (Å²) in [6.07, 6.45) is 1.08. The average Bonchev–Trinajstić information content (AvgIpc) is 2.88. The Bertz CT molecular complexity index is 791. The third-order valence-corrected chi connectivity index (χ3v) is 7.52. The summed E-state index contributed by atoms with van der Waals surface area (Å²) in [5.41, 5.74) is 0.660. The lowest BCUT2D eigenvalue weighted by Gasteiger charge is -2.24. The molecule has 0 unspecified atom stereocenters. The highest BCUT2D eigenvalue weighted by Crippen LogP contribution is 2.42. The van der Waals surface area contributed by atoms with Crippen LogP contribution in [-0.4, -0.2) is 42.3 Å². The second kappa shape index (κ2) is 6.86. The van der Waals surface area contributed by atoms with Crippen molar-refractivity contribution >= 4 is 61.6 Å². The Morgan fingerprint density at radius 2 is 1.96 bits per heavy atom. The van der Waals surface area contributed by atoms with Crippen LogP contribution in [0.3, 0.4) is 0 Å². The zero-order valence-corrected chi connectivity index (χ0v) is 16.1. The molecule has 24 heavy (non-hydrogen) atoms. The van der Waals surface area contributed by atoms with E-state index in [-0.39, 0.29) is 28.7 Å². The number of amidine groups is 1. The number of rotatable bonds is 3. The maximum atomic E-state index is 12.0. The summed E-state index contributed by atoms with van der Waals surface area (Å²) in [6.45, 7) is 1.91. The number of carbonyl (C=O) groups is 1. The highest BCUT2D eigenvalue weighted by molar-refractivity contribution is 8.16. The maximum Gasteiger partial charge on any atom is 0.248 e. The van der Waals surface area contributed by atoms with Crippen LogP contribution in [0.15, 0.2) is 23.2 Å². The number of halogens is 2. The molecule has 2 aliphatic rings. The van der Waals surface area contributed by atoms with Gasteiger partial charge in [0.05, 0.1) is 17.5 Å². The Morgan fingerprint density at radius 3 is 2.58 bits per heavy atom. The van der Waals surface area contributed by atoms with Gasteiger partial charge in [-0.2, -0.15) is 4.99 Å². The maximum absolute atomic E-state index is 12.0. The van der Waals surface area contributed by atoms with Crippen LogP contribution < -0.4 is 4.90 Å². The molecule has 3 rings (SSSR count). The first-order valence-corrected chi connectivity index (χ1v) is 11.0. The summed E-state index contributed by atoms with van der Waals surface area (Å²) >= 11 is 13.5. The Balaban J connectivity index is 2.02. The largest absolute Gasteiger partial charge is 0.315 e. The first-order valence-electron chi connectivity index (χ1n) is 7.53. The van der Waals surface area contributed by atoms with Crippen LogP contribution in [0, 0.1) is 0 Å². The molecule has 2 aliphatic heterocycles. The van der Waals surface area contributed by atoms with Gasteiger partial charge in [-0.15, -0.1) is 0 Å². The fraction of sp³-hybridized carbons (Fsp3) is 0.467. The van der Waals surface area contributed by atoms with E-state index in [4.69, 9.17) is 23.2 Å². The molecule has 0 N–H and O–H groups in total. The molecule has 2 atom stereocenters. The lowest BCUT2D eigenvalue weighted by atomic mass is 10.2. The van der Waals surface area contributed by atoms with Gasteiger partial charge >= 0.3 is 0 Å². The number of aliphatic imine (C=N–C) groups is 1. The molecule has 0 radical (unpaired) electrons. The summed E-state index contributed by atoms with van der Waals surface area (Å²) in [6, 6.07) is 4.77. The minimum atomic E-state index is -3.10. The number of benzene rings is 1. The summed E-state index contributed by atoms with van der Waals surface area (Å²) in [4.78, 5) is 18.0. The minimum absolute atomic E-state index is 0.0375. The topological polar surface area (TPSA) is 66.8 Å². The standard InChI is InChI=1S/C15H16Cl2N2O3S2/c1-2-3-14(20)18-15-19(11-5-9(16)4-10(17)6-11)12-7-24(21,22)8-13(12)23-15/h4-6,12-13H,2-3,7-8H2,1H3/t12-,13+/m1/s1. The number of amides is 1. The van der Waals surface area contributed by atoms with E-state index in [1.54, 1.807) is 23.1 Å². The monoisotopic (exact) mass is 406 g/mol.